The number of pyridine rings is 3. The first-order valence-electron chi connectivity index (χ1n) is 39.9. The number of nitrogens with zero attached hydrogens (tertiary/aromatic N) is 15. The average molecular weight is 1740 g/mol. The predicted molar refractivity (Wildman–Crippen MR) is 474 cm³/mol. The van der Waals surface area contributed by atoms with Crippen LogP contribution in [0.2, 0.25) is 20.1 Å². The number of benzene rings is 5. The second-order valence-electron chi connectivity index (χ2n) is 31.2. The average Bonchev–Trinajstić information content (AvgIpc) is 1.63. The van der Waals surface area contributed by atoms with E-state index in [1.54, 1.807) is 63.7 Å². The van der Waals surface area contributed by atoms with Gasteiger partial charge in [-0.15, -0.1) is 11.3 Å². The maximum Gasteiger partial charge on any atom is 0.410 e. The van der Waals surface area contributed by atoms with Gasteiger partial charge in [-0.25, -0.2) is 38.1 Å². The van der Waals surface area contributed by atoms with Crippen LogP contribution in [0.15, 0.2) is 206 Å². The number of carbonyl (C=O) groups excluding carboxylic acids is 4. The van der Waals surface area contributed by atoms with Crippen molar-refractivity contribution in [2.75, 3.05) is 103 Å². The first-order valence-corrected chi connectivity index (χ1v) is 44.1. The summed E-state index contributed by atoms with van der Waals surface area (Å²) >= 11 is 26.0. The summed E-state index contributed by atoms with van der Waals surface area (Å²) in [5.74, 6) is 0.497. The lowest BCUT2D eigenvalue weighted by Crippen LogP contribution is -2.51. The van der Waals surface area contributed by atoms with Crippen LogP contribution in [0.25, 0.3) is 89.3 Å². The molecule has 0 spiro atoms. The number of piperazine rings is 3. The van der Waals surface area contributed by atoms with E-state index in [9.17, 15) is 27.6 Å². The normalized spacial score (nSPS) is 15.6. The number of amides is 4. The Labute approximate surface area is 723 Å². The van der Waals surface area contributed by atoms with Gasteiger partial charge in [-0.3, -0.25) is 52.0 Å². The number of aromatic nitrogens is 10. The lowest BCUT2D eigenvalue weighted by atomic mass is 10.1. The minimum atomic E-state index is -3.41. The first-order chi connectivity index (χ1) is 58.4. The number of sulfonamides is 1. The molecule has 4 aliphatic heterocycles. The third-order valence-corrected chi connectivity index (χ3v) is 23.6. The molecule has 4 saturated heterocycles. The molecule has 1 aliphatic carbocycles. The van der Waals surface area contributed by atoms with E-state index in [0.29, 0.717) is 115 Å². The van der Waals surface area contributed by atoms with Crippen molar-refractivity contribution < 1.29 is 37.1 Å². The molecule has 32 heteroatoms. The molecule has 5 fully saturated rings. The van der Waals surface area contributed by atoms with E-state index in [-0.39, 0.29) is 23.8 Å². The number of hydrogen-bond acceptors (Lipinski definition) is 18. The lowest BCUT2D eigenvalue weighted by molar-refractivity contribution is -0.125. The zero-order valence-electron chi connectivity index (χ0n) is 66.9. The number of ether oxygens (including phenoxy) is 2. The van der Waals surface area contributed by atoms with Crippen molar-refractivity contribution in [3.63, 3.8) is 0 Å². The highest BCUT2D eigenvalue weighted by Crippen LogP contribution is 2.40. The van der Waals surface area contributed by atoms with Gasteiger partial charge in [0.1, 0.15) is 38.9 Å². The summed E-state index contributed by atoms with van der Waals surface area (Å²) < 4.78 is 44.9. The van der Waals surface area contributed by atoms with Gasteiger partial charge in [0.15, 0.2) is 5.65 Å². The topological polar surface area (TPSA) is 268 Å². The quantitative estimate of drug-likeness (QED) is 0.0811. The molecular formula is C89H88Cl4N18O8S2. The van der Waals surface area contributed by atoms with E-state index in [4.69, 9.17) is 75.8 Å². The van der Waals surface area contributed by atoms with Gasteiger partial charge in [0.05, 0.1) is 84.3 Å². The number of carbonyl (C=O) groups is 4. The molecule has 5 aromatic carbocycles. The Morgan fingerprint density at radius 2 is 0.959 bits per heavy atom. The first kappa shape index (κ1) is 83.5. The van der Waals surface area contributed by atoms with Gasteiger partial charge < -0.3 is 34.3 Å². The molecule has 0 atom stereocenters. The molecule has 0 radical (unpaired) electrons. The van der Waals surface area contributed by atoms with Gasteiger partial charge in [0.2, 0.25) is 21.8 Å². The Morgan fingerprint density at radius 1 is 0.504 bits per heavy atom. The van der Waals surface area contributed by atoms with Crippen LogP contribution in [-0.2, 0) is 48.7 Å². The van der Waals surface area contributed by atoms with Crippen molar-refractivity contribution >= 4 is 120 Å². The van der Waals surface area contributed by atoms with Crippen molar-refractivity contribution in [3.8, 4) is 66.7 Å². The second kappa shape index (κ2) is 36.7. The van der Waals surface area contributed by atoms with Crippen LogP contribution >= 0.6 is 57.7 Å². The molecule has 121 heavy (non-hydrogen) atoms. The van der Waals surface area contributed by atoms with Gasteiger partial charge >= 0.3 is 6.09 Å². The molecule has 3 N–H and O–H groups in total. The number of halogens is 4. The molecule has 0 unspecified atom stereocenters. The van der Waals surface area contributed by atoms with Crippen molar-refractivity contribution in [1.29, 1.82) is 0 Å². The van der Waals surface area contributed by atoms with E-state index in [2.05, 4.69) is 68.5 Å². The maximum absolute atomic E-state index is 14.0. The van der Waals surface area contributed by atoms with Gasteiger partial charge in [-0.2, -0.15) is 0 Å². The monoisotopic (exact) mass is 1740 g/mol. The molecule has 5 aliphatic rings. The third-order valence-electron chi connectivity index (χ3n) is 21.1. The van der Waals surface area contributed by atoms with E-state index in [1.807, 2.05) is 174 Å². The minimum absolute atomic E-state index is 0.0162. The third kappa shape index (κ3) is 20.4. The number of thiazole rings is 1. The SMILES string of the molecule is CC(C)(C)OC(=O)N1CCN(C(=O)c2c(-c3ccc(Cl)cc3)nc3ccc(-c4ccccc4)cn23)CC1.CS(=O)(=O)Nc1ccc2nc(-c3ccc(Cl)cc3)c(CN3CCNC(=O)C3)n2c1.Clc1ccc(-c2nc3ccc(-c4nccs4)cn3c2CN2CCOCC2)cc1.O=C1CN(Cc2c(-c3ccc(Cl)cc3)nc3cnc(C4CC4)cn23)CCN1. The van der Waals surface area contributed by atoms with Crippen LogP contribution in [0.3, 0.4) is 0 Å². The number of hydrogen-bond donors (Lipinski definition) is 3. The van der Waals surface area contributed by atoms with E-state index in [1.165, 1.54) is 18.5 Å². The van der Waals surface area contributed by atoms with Crippen LogP contribution in [0, 0.1) is 0 Å². The van der Waals surface area contributed by atoms with Crippen LogP contribution in [0.1, 0.15) is 72.8 Å². The predicted octanol–water partition coefficient (Wildman–Crippen LogP) is 15.4. The fraction of sp³-hybridized carbons (Fsp3) is 0.281. The van der Waals surface area contributed by atoms with Crippen molar-refractivity contribution in [3.05, 3.63) is 255 Å². The molecule has 13 heterocycles. The summed E-state index contributed by atoms with van der Waals surface area (Å²) in [7, 11) is -3.41. The van der Waals surface area contributed by atoms with E-state index in [0.717, 1.165) is 147 Å². The zero-order chi connectivity index (χ0) is 84.1. The Bertz CT molecular complexity index is 6210. The van der Waals surface area contributed by atoms with Crippen molar-refractivity contribution in [2.24, 2.45) is 0 Å². The number of anilines is 1. The molecule has 19 rings (SSSR count). The van der Waals surface area contributed by atoms with Crippen LogP contribution in [0.4, 0.5) is 10.5 Å². The Kier molecular flexibility index (Phi) is 25.3. The number of nitrogens with one attached hydrogen (secondary N) is 3. The van der Waals surface area contributed by atoms with Gasteiger partial charge in [0, 0.05) is 175 Å². The standard InChI is InChI=1S/C29H29ClN4O3.C21H19ClN4OS.C20H20ClN5O.C19H20ClN5O3S/c1-29(2,3)37-28(36)33-17-15-32(16-18-33)27(35)26-25(21-9-12-23(30)13-10-21)31-24-14-11-22(19-34(24)26)20-7-5-4-6-8-20;22-17-4-1-15(2-5-17)20-18(14-25-8-10-27-11-9-25)26-13-16(3-6-19(26)24-20)21-23-7-12-28-21;21-15-5-3-14(4-6-15)20-17(11-25-8-7-22-19(27)12-25)26-10-16(13-1-2-13)23-9-18(26)24-20;1-29(27,28)23-15-6-7-17-22-19(13-2-4-14(20)5-3-13)16(25(17)10-15)11-24-9-8-21-18(26)12-24/h4-14,19H,15-18H2,1-3H3;1-7,12-13H,8-11,14H2;3-6,9-10,13H,1-2,7-8,11-12H2,(H,22,27);2-7,10,23H,8-9,11-12H2,1H3,(H,21,26). The summed E-state index contributed by atoms with van der Waals surface area (Å²) in [6.07, 6.45) is 14.8. The highest BCUT2D eigenvalue weighted by molar-refractivity contribution is 7.92. The van der Waals surface area contributed by atoms with E-state index < -0.39 is 15.6 Å². The van der Waals surface area contributed by atoms with Gasteiger partial charge in [-0.05, 0) is 130 Å². The summed E-state index contributed by atoms with van der Waals surface area (Å²) in [5, 5.41) is 11.4. The molecule has 14 aromatic rings. The summed E-state index contributed by atoms with van der Waals surface area (Å²) in [4.78, 5) is 88.6. The molecule has 1 saturated carbocycles. The van der Waals surface area contributed by atoms with Gasteiger partial charge in [-0.1, -0.05) is 125 Å². The summed E-state index contributed by atoms with van der Waals surface area (Å²) in [5.41, 5.74) is 18.0. The Morgan fingerprint density at radius 3 is 1.46 bits per heavy atom. The highest BCUT2D eigenvalue weighted by Gasteiger charge is 2.33. The molecule has 4 amide bonds. The van der Waals surface area contributed by atoms with E-state index >= 15 is 0 Å². The number of rotatable bonds is 16. The van der Waals surface area contributed by atoms with Crippen molar-refractivity contribution in [1.82, 2.24) is 82.6 Å². The Hall–Kier alpha value is -11.2. The summed E-state index contributed by atoms with van der Waals surface area (Å²) in [6, 6.07) is 52.0. The molecule has 0 bridgehead atoms. The molecule has 26 nitrogen and oxygen atoms in total. The lowest BCUT2D eigenvalue weighted by Gasteiger charge is -2.35. The van der Waals surface area contributed by atoms with Crippen LogP contribution in [0.5, 0.6) is 0 Å². The number of morpholine rings is 1. The second-order valence-corrected chi connectivity index (χ2v) is 35.5. The zero-order valence-corrected chi connectivity index (χ0v) is 71.6. The van der Waals surface area contributed by atoms with Crippen LogP contribution in [-0.4, -0.2) is 208 Å². The maximum atomic E-state index is 14.0. The highest BCUT2D eigenvalue weighted by atomic mass is 35.5. The summed E-state index contributed by atoms with van der Waals surface area (Å²) in [6.45, 7) is 16.1. The largest absolute Gasteiger partial charge is 0.444 e. The molecule has 622 valence electrons. The molecule has 9 aromatic heterocycles. The van der Waals surface area contributed by atoms with Gasteiger partial charge in [0.25, 0.3) is 5.91 Å². The Balaban J connectivity index is 0.000000121. The number of fused-ring (bicyclic) bond motifs is 4. The van der Waals surface area contributed by atoms with Crippen LogP contribution < -0.4 is 15.4 Å². The number of imidazole rings is 4. The smallest absolute Gasteiger partial charge is 0.410 e. The minimum Gasteiger partial charge on any atom is -0.444 e. The fourth-order valence-electron chi connectivity index (χ4n) is 15.0. The van der Waals surface area contributed by atoms with Crippen molar-refractivity contribution in [2.45, 2.75) is 64.8 Å². The molecular weight excluding hydrogens is 1660 g/mol. The fourth-order valence-corrected chi connectivity index (χ4v) is 16.7.